The van der Waals surface area contributed by atoms with E-state index in [1.807, 2.05) is 37.4 Å². The molecule has 1 amide bonds. The number of thioether (sulfide) groups is 1. The Morgan fingerprint density at radius 2 is 2.35 bits per heavy atom. The fourth-order valence-electron chi connectivity index (χ4n) is 2.29. The lowest BCUT2D eigenvalue weighted by Crippen LogP contribution is -2.29. The van der Waals surface area contributed by atoms with Crippen LogP contribution >= 0.6 is 11.8 Å². The van der Waals surface area contributed by atoms with Crippen LogP contribution in [0.2, 0.25) is 0 Å². The number of benzene rings is 1. The van der Waals surface area contributed by atoms with Crippen LogP contribution < -0.4 is 10.1 Å². The van der Waals surface area contributed by atoms with Crippen LogP contribution in [0.1, 0.15) is 24.4 Å². The number of ether oxygens (including phenoxy) is 1. The number of nitrogens with zero attached hydrogens (tertiary/aromatic N) is 2. The van der Waals surface area contributed by atoms with Crippen molar-refractivity contribution in [2.75, 3.05) is 18.9 Å². The molecular formula is C17H21N3O2S. The Bertz CT molecular complexity index is 667. The zero-order valence-electron chi connectivity index (χ0n) is 13.2. The van der Waals surface area contributed by atoms with E-state index < -0.39 is 0 Å². The monoisotopic (exact) mass is 331 g/mol. The zero-order chi connectivity index (χ0) is 16.1. The molecule has 2 aromatic rings. The van der Waals surface area contributed by atoms with Gasteiger partial charge < -0.3 is 14.6 Å². The van der Waals surface area contributed by atoms with Crippen LogP contribution in [0.15, 0.2) is 41.8 Å². The van der Waals surface area contributed by atoms with Gasteiger partial charge in [-0.15, -0.1) is 0 Å². The molecule has 1 fully saturated rings. The molecule has 1 saturated carbocycles. The summed E-state index contributed by atoms with van der Waals surface area (Å²) in [6, 6.07) is 8.47. The van der Waals surface area contributed by atoms with Crippen molar-refractivity contribution in [2.24, 2.45) is 0 Å². The molecule has 6 heteroatoms. The largest absolute Gasteiger partial charge is 0.492 e. The summed E-state index contributed by atoms with van der Waals surface area (Å²) >= 11 is 1.49. The Morgan fingerprint density at radius 1 is 1.48 bits per heavy atom. The molecule has 0 saturated heterocycles. The minimum Gasteiger partial charge on any atom is -0.492 e. The lowest BCUT2D eigenvalue weighted by Gasteiger charge is -2.08. The number of imidazole rings is 1. The van der Waals surface area contributed by atoms with Gasteiger partial charge >= 0.3 is 0 Å². The van der Waals surface area contributed by atoms with Crippen LogP contribution in [0.3, 0.4) is 0 Å². The molecule has 0 aliphatic heterocycles. The normalized spacial score (nSPS) is 13.8. The predicted molar refractivity (Wildman–Crippen MR) is 90.9 cm³/mol. The number of carbonyl (C=O) groups is 1. The first-order valence-electron chi connectivity index (χ1n) is 7.84. The average Bonchev–Trinajstić information content (AvgIpc) is 3.28. The van der Waals surface area contributed by atoms with Crippen LogP contribution in [0, 0.1) is 6.92 Å². The highest BCUT2D eigenvalue weighted by Crippen LogP contribution is 2.37. The Labute approximate surface area is 140 Å². The quantitative estimate of drug-likeness (QED) is 0.597. The second kappa shape index (κ2) is 7.55. The Hall–Kier alpha value is -1.95. The minimum atomic E-state index is 0.00758. The maximum atomic E-state index is 11.9. The molecule has 1 N–H and O–H groups in total. The molecule has 1 aromatic carbocycles. The number of nitrogens with one attached hydrogen (secondary N) is 1. The maximum absolute atomic E-state index is 11.9. The summed E-state index contributed by atoms with van der Waals surface area (Å²) < 4.78 is 7.77. The average molecular weight is 331 g/mol. The summed E-state index contributed by atoms with van der Waals surface area (Å²) in [6.07, 6.45) is 6.22. The Balaban J connectivity index is 1.34. The summed E-state index contributed by atoms with van der Waals surface area (Å²) in [4.78, 5) is 16.2. The highest BCUT2D eigenvalue weighted by Gasteiger charge is 2.25. The first-order valence-corrected chi connectivity index (χ1v) is 8.83. The Kier molecular flexibility index (Phi) is 5.23. The van der Waals surface area contributed by atoms with Crippen LogP contribution in [0.4, 0.5) is 0 Å². The molecule has 1 aliphatic rings. The summed E-state index contributed by atoms with van der Waals surface area (Å²) in [6.45, 7) is 3.00. The molecule has 122 valence electrons. The fourth-order valence-corrected chi connectivity index (χ4v) is 3.14. The second-order valence-corrected chi connectivity index (χ2v) is 6.59. The van der Waals surface area contributed by atoms with Gasteiger partial charge in [0.2, 0.25) is 5.91 Å². The first-order chi connectivity index (χ1) is 11.2. The van der Waals surface area contributed by atoms with E-state index >= 15 is 0 Å². The van der Waals surface area contributed by atoms with Crippen molar-refractivity contribution < 1.29 is 9.53 Å². The van der Waals surface area contributed by atoms with Crippen molar-refractivity contribution in [3.8, 4) is 5.75 Å². The van der Waals surface area contributed by atoms with E-state index in [2.05, 4.69) is 14.9 Å². The van der Waals surface area contributed by atoms with Gasteiger partial charge in [-0.3, -0.25) is 4.79 Å². The number of rotatable bonds is 8. The van der Waals surface area contributed by atoms with E-state index in [0.717, 1.165) is 16.5 Å². The molecular weight excluding hydrogens is 310 g/mol. The molecule has 0 spiro atoms. The molecule has 1 heterocycles. The van der Waals surface area contributed by atoms with Crippen LogP contribution in [0.5, 0.6) is 5.75 Å². The van der Waals surface area contributed by atoms with Gasteiger partial charge in [0, 0.05) is 18.4 Å². The van der Waals surface area contributed by atoms with Crippen LogP contribution in [0.25, 0.3) is 0 Å². The van der Waals surface area contributed by atoms with Gasteiger partial charge in [-0.05, 0) is 37.5 Å². The van der Waals surface area contributed by atoms with Gasteiger partial charge in [0.05, 0.1) is 12.3 Å². The van der Waals surface area contributed by atoms with Crippen molar-refractivity contribution in [3.05, 3.63) is 42.2 Å². The lowest BCUT2D eigenvalue weighted by atomic mass is 10.2. The highest BCUT2D eigenvalue weighted by molar-refractivity contribution is 7.99. The molecule has 3 rings (SSSR count). The second-order valence-electron chi connectivity index (χ2n) is 5.65. The molecule has 0 atom stereocenters. The fraction of sp³-hybridized carbons (Fsp3) is 0.412. The summed E-state index contributed by atoms with van der Waals surface area (Å²) in [7, 11) is 0. The van der Waals surface area contributed by atoms with E-state index in [1.165, 1.54) is 24.6 Å². The SMILES string of the molecule is Cc1cccc(OCCNC(=O)CSc2nccn2C2CC2)c1. The van der Waals surface area contributed by atoms with E-state index in [0.29, 0.717) is 24.9 Å². The smallest absolute Gasteiger partial charge is 0.230 e. The number of aromatic nitrogens is 2. The lowest BCUT2D eigenvalue weighted by molar-refractivity contribution is -0.118. The van der Waals surface area contributed by atoms with Gasteiger partial charge in [-0.1, -0.05) is 23.9 Å². The topological polar surface area (TPSA) is 56.1 Å². The van der Waals surface area contributed by atoms with Gasteiger partial charge in [-0.25, -0.2) is 4.98 Å². The van der Waals surface area contributed by atoms with Gasteiger partial charge in [0.25, 0.3) is 0 Å². The highest BCUT2D eigenvalue weighted by atomic mass is 32.2. The molecule has 1 aromatic heterocycles. The van der Waals surface area contributed by atoms with Crippen molar-refractivity contribution in [1.29, 1.82) is 0 Å². The Morgan fingerprint density at radius 3 is 3.13 bits per heavy atom. The van der Waals surface area contributed by atoms with Crippen LogP contribution in [-0.4, -0.2) is 34.4 Å². The molecule has 0 unspecified atom stereocenters. The number of amides is 1. The van der Waals surface area contributed by atoms with Crippen molar-refractivity contribution in [1.82, 2.24) is 14.9 Å². The molecule has 0 bridgehead atoms. The van der Waals surface area contributed by atoms with Crippen molar-refractivity contribution in [2.45, 2.75) is 31.0 Å². The first kappa shape index (κ1) is 15.9. The van der Waals surface area contributed by atoms with Crippen LogP contribution in [-0.2, 0) is 4.79 Å². The predicted octanol–water partition coefficient (Wildman–Crippen LogP) is 2.81. The van der Waals surface area contributed by atoms with Gasteiger partial charge in [-0.2, -0.15) is 0 Å². The third-order valence-corrected chi connectivity index (χ3v) is 4.57. The number of hydrogen-bond acceptors (Lipinski definition) is 4. The number of hydrogen-bond donors (Lipinski definition) is 1. The zero-order valence-corrected chi connectivity index (χ0v) is 14.0. The third-order valence-electron chi connectivity index (χ3n) is 3.59. The number of carbonyl (C=O) groups excluding carboxylic acids is 1. The maximum Gasteiger partial charge on any atom is 0.230 e. The summed E-state index contributed by atoms with van der Waals surface area (Å²) in [5.74, 6) is 1.22. The molecule has 5 nitrogen and oxygen atoms in total. The van der Waals surface area contributed by atoms with Gasteiger partial charge in [0.15, 0.2) is 5.16 Å². The summed E-state index contributed by atoms with van der Waals surface area (Å²) in [5.41, 5.74) is 1.16. The van der Waals surface area contributed by atoms with E-state index in [9.17, 15) is 4.79 Å². The molecule has 1 aliphatic carbocycles. The summed E-state index contributed by atoms with van der Waals surface area (Å²) in [5, 5.41) is 3.80. The standard InChI is InChI=1S/C17H21N3O2S/c1-13-3-2-4-15(11-13)22-10-8-18-16(21)12-23-17-19-7-9-20(17)14-5-6-14/h2-4,7,9,11,14H,5-6,8,10,12H2,1H3,(H,18,21). The van der Waals surface area contributed by atoms with E-state index in [-0.39, 0.29) is 5.91 Å². The molecule has 0 radical (unpaired) electrons. The third kappa shape index (κ3) is 4.76. The van der Waals surface area contributed by atoms with Crippen molar-refractivity contribution >= 4 is 17.7 Å². The van der Waals surface area contributed by atoms with E-state index in [4.69, 9.17) is 4.74 Å². The molecule has 23 heavy (non-hydrogen) atoms. The van der Waals surface area contributed by atoms with Crippen molar-refractivity contribution in [3.63, 3.8) is 0 Å². The van der Waals surface area contributed by atoms with E-state index in [1.54, 1.807) is 6.20 Å². The van der Waals surface area contributed by atoms with Gasteiger partial charge in [0.1, 0.15) is 12.4 Å². The number of aryl methyl sites for hydroxylation is 1. The minimum absolute atomic E-state index is 0.00758.